The number of likely N-dealkylation sites (tertiary alicyclic amines) is 2. The lowest BCUT2D eigenvalue weighted by Crippen LogP contribution is -2.41. The maximum absolute atomic E-state index is 13.0. The van der Waals surface area contributed by atoms with Crippen LogP contribution in [0.3, 0.4) is 0 Å². The maximum Gasteiger partial charge on any atom is 0.252 e. The largest absolute Gasteiger partial charge is 0.453 e. The second-order valence-electron chi connectivity index (χ2n) is 14.7. The van der Waals surface area contributed by atoms with Crippen LogP contribution >= 0.6 is 0 Å². The van der Waals surface area contributed by atoms with E-state index in [1.165, 1.54) is 0 Å². The van der Waals surface area contributed by atoms with E-state index in [1.807, 2.05) is 76.2 Å². The van der Waals surface area contributed by atoms with Gasteiger partial charge in [0.25, 0.3) is 11.8 Å². The Balaban J connectivity index is 1.07. The molecule has 5 heterocycles. The molecule has 2 fully saturated rings. The molecule has 266 valence electrons. The molecule has 4 N–H and O–H groups in total. The number of aliphatic hydroxyl groups is 2. The van der Waals surface area contributed by atoms with Crippen molar-refractivity contribution in [3.05, 3.63) is 60.2 Å². The minimum atomic E-state index is -1.03. The van der Waals surface area contributed by atoms with E-state index in [-0.39, 0.29) is 42.5 Å². The molecule has 12 heteroatoms. The van der Waals surface area contributed by atoms with Gasteiger partial charge in [0.1, 0.15) is 23.9 Å². The van der Waals surface area contributed by atoms with Crippen molar-refractivity contribution in [2.45, 2.75) is 77.7 Å². The van der Waals surface area contributed by atoms with Crippen molar-refractivity contribution in [1.29, 1.82) is 0 Å². The Bertz CT molecular complexity index is 1990. The number of nitrogens with one attached hydrogen (secondary N) is 2. The monoisotopic (exact) mass is 692 g/mol. The van der Waals surface area contributed by atoms with E-state index in [1.54, 1.807) is 9.80 Å². The van der Waals surface area contributed by atoms with Crippen LogP contribution in [-0.4, -0.2) is 83.9 Å². The van der Waals surface area contributed by atoms with Crippen molar-refractivity contribution in [3.8, 4) is 33.8 Å². The highest BCUT2D eigenvalue weighted by Crippen LogP contribution is 2.48. The number of amides is 2. The number of hydrogen-bond acceptors (Lipinski definition) is 8. The molecular weight excluding hydrogens is 648 g/mol. The van der Waals surface area contributed by atoms with Crippen LogP contribution in [-0.2, 0) is 9.59 Å². The van der Waals surface area contributed by atoms with Crippen LogP contribution in [0, 0.1) is 11.8 Å². The summed E-state index contributed by atoms with van der Waals surface area (Å²) in [4.78, 5) is 46.2. The van der Waals surface area contributed by atoms with Crippen molar-refractivity contribution >= 4 is 33.9 Å². The summed E-state index contributed by atoms with van der Waals surface area (Å²) in [5, 5.41) is 20.9. The van der Waals surface area contributed by atoms with Gasteiger partial charge in [-0.2, -0.15) is 0 Å². The number of rotatable bonds is 8. The Morgan fingerprint density at radius 3 is 1.55 bits per heavy atom. The number of nitrogens with zero attached hydrogens (tertiary/aromatic N) is 4. The predicted octanol–water partition coefficient (Wildman–Crippen LogP) is 5.86. The van der Waals surface area contributed by atoms with Crippen LogP contribution in [0.4, 0.5) is 0 Å². The molecule has 3 aliphatic rings. The number of carbonyl (C=O) groups excluding carboxylic acids is 2. The lowest BCUT2D eigenvalue weighted by atomic mass is 9.97. The Kier molecular flexibility index (Phi) is 8.46. The number of aromatic amines is 2. The number of aliphatic hydroxyl groups excluding tert-OH is 2. The van der Waals surface area contributed by atoms with Gasteiger partial charge < -0.3 is 39.5 Å². The van der Waals surface area contributed by atoms with E-state index < -0.39 is 12.2 Å². The molecule has 0 aliphatic carbocycles. The molecule has 0 unspecified atom stereocenters. The molecule has 12 nitrogen and oxygen atoms in total. The van der Waals surface area contributed by atoms with Crippen molar-refractivity contribution in [3.63, 3.8) is 0 Å². The van der Waals surface area contributed by atoms with Gasteiger partial charge in [-0.25, -0.2) is 9.97 Å². The van der Waals surface area contributed by atoms with Crippen molar-refractivity contribution in [1.82, 2.24) is 29.7 Å². The third-order valence-electron chi connectivity index (χ3n) is 10.6. The molecule has 3 aliphatic heterocycles. The SMILES string of the molecule is CC(C)[C@H](O)C(=O)N1CCC[C@H]1c1nc2ccc(-c3ccc(-c4ccc5nc([C@@H]6CCCN6C(=O)[C@@H](O)C(C)C)[nH]c5c4)c4c3OCO4)cc2[nH]1. The van der Waals surface area contributed by atoms with Gasteiger partial charge in [0.15, 0.2) is 11.5 Å². The fraction of sp³-hybridized carbons (Fsp3) is 0.436. The number of H-pyrrole nitrogens is 2. The van der Waals surface area contributed by atoms with Gasteiger partial charge in [-0.3, -0.25) is 9.59 Å². The van der Waals surface area contributed by atoms with E-state index in [0.29, 0.717) is 24.6 Å². The first-order valence-electron chi connectivity index (χ1n) is 18.0. The van der Waals surface area contributed by atoms with E-state index in [2.05, 4.69) is 9.97 Å². The van der Waals surface area contributed by atoms with E-state index in [0.717, 1.165) is 81.7 Å². The van der Waals surface area contributed by atoms with Crippen molar-refractivity contribution in [2.24, 2.45) is 11.8 Å². The number of benzene rings is 3. The van der Waals surface area contributed by atoms with Gasteiger partial charge in [-0.15, -0.1) is 0 Å². The number of ether oxygens (including phenoxy) is 2. The molecule has 51 heavy (non-hydrogen) atoms. The minimum Gasteiger partial charge on any atom is -0.453 e. The first-order valence-corrected chi connectivity index (χ1v) is 18.0. The summed E-state index contributed by atoms with van der Waals surface area (Å²) in [5.74, 6) is 1.96. The Labute approximate surface area is 295 Å². The van der Waals surface area contributed by atoms with Crippen molar-refractivity contribution < 1.29 is 29.3 Å². The maximum atomic E-state index is 13.0. The zero-order valence-corrected chi connectivity index (χ0v) is 29.3. The van der Waals surface area contributed by atoms with Gasteiger partial charge in [0.05, 0.1) is 34.2 Å². The Morgan fingerprint density at radius 2 is 1.14 bits per heavy atom. The van der Waals surface area contributed by atoms with Gasteiger partial charge in [-0.1, -0.05) is 39.8 Å². The molecule has 8 rings (SSSR count). The zero-order valence-electron chi connectivity index (χ0n) is 29.3. The van der Waals surface area contributed by atoms with Crippen LogP contribution in [0.5, 0.6) is 11.5 Å². The van der Waals surface area contributed by atoms with Gasteiger partial charge in [0, 0.05) is 24.2 Å². The molecule has 0 spiro atoms. The van der Waals surface area contributed by atoms with Gasteiger partial charge in [-0.05, 0) is 85.0 Å². The molecule has 0 bridgehead atoms. The first kappa shape index (κ1) is 33.2. The van der Waals surface area contributed by atoms with Crippen LogP contribution < -0.4 is 9.47 Å². The molecule has 3 aromatic carbocycles. The molecule has 2 saturated heterocycles. The lowest BCUT2D eigenvalue weighted by Gasteiger charge is -2.27. The molecular formula is C39H44N6O6. The summed E-state index contributed by atoms with van der Waals surface area (Å²) in [7, 11) is 0. The zero-order chi connectivity index (χ0) is 35.6. The quantitative estimate of drug-likeness (QED) is 0.158. The number of hydrogen-bond donors (Lipinski definition) is 4. The summed E-state index contributed by atoms with van der Waals surface area (Å²) in [5.41, 5.74) is 6.96. The highest BCUT2D eigenvalue weighted by atomic mass is 16.7. The van der Waals surface area contributed by atoms with E-state index in [4.69, 9.17) is 19.4 Å². The molecule has 2 aromatic heterocycles. The highest BCUT2D eigenvalue weighted by Gasteiger charge is 2.37. The summed E-state index contributed by atoms with van der Waals surface area (Å²) in [6, 6.07) is 15.7. The molecule has 2 amide bonds. The third kappa shape index (κ3) is 5.80. The second-order valence-corrected chi connectivity index (χ2v) is 14.7. The van der Waals surface area contributed by atoms with Crippen LogP contribution in [0.15, 0.2) is 48.5 Å². The summed E-state index contributed by atoms with van der Waals surface area (Å²) >= 11 is 0. The topological polar surface area (TPSA) is 157 Å². The number of imidazole rings is 2. The third-order valence-corrected chi connectivity index (χ3v) is 10.6. The fourth-order valence-corrected chi connectivity index (χ4v) is 7.70. The number of aromatic nitrogens is 4. The van der Waals surface area contributed by atoms with Gasteiger partial charge >= 0.3 is 0 Å². The van der Waals surface area contributed by atoms with Crippen molar-refractivity contribution in [2.75, 3.05) is 19.9 Å². The van der Waals surface area contributed by atoms with Crippen LogP contribution in [0.25, 0.3) is 44.3 Å². The number of carbonyl (C=O) groups is 2. The average molecular weight is 693 g/mol. The molecule has 0 radical (unpaired) electrons. The summed E-state index contributed by atoms with van der Waals surface area (Å²) in [6.07, 6.45) is 1.23. The Morgan fingerprint density at radius 1 is 0.706 bits per heavy atom. The molecule has 5 aromatic rings. The first-order chi connectivity index (χ1) is 24.6. The molecule has 4 atom stereocenters. The second kappa shape index (κ2) is 13.0. The highest BCUT2D eigenvalue weighted by molar-refractivity contribution is 5.90. The molecule has 0 saturated carbocycles. The normalized spacial score (nSPS) is 20.0. The van der Waals surface area contributed by atoms with E-state index in [9.17, 15) is 19.8 Å². The van der Waals surface area contributed by atoms with Crippen LogP contribution in [0.2, 0.25) is 0 Å². The Hall–Kier alpha value is -4.94. The predicted molar refractivity (Wildman–Crippen MR) is 192 cm³/mol. The summed E-state index contributed by atoms with van der Waals surface area (Å²) in [6.45, 7) is 8.69. The standard InChI is InChI=1S/C39H44N6O6/c1-20(2)32(46)38(48)44-15-5-7-30(44)36-40-26-13-9-22(17-28(26)42-36)24-11-12-25(35-34(24)50-19-51-35)23-10-14-27-29(18-23)43-37(41-27)31-8-6-16-45(31)39(49)33(47)21(3)4/h9-14,17-18,20-21,30-33,46-47H,5-8,15-16,19H2,1-4H3,(H,40,42)(H,41,43)/t30-,31-,32-,33-/m0/s1. The lowest BCUT2D eigenvalue weighted by molar-refractivity contribution is -0.144. The average Bonchev–Trinajstić information content (AvgIpc) is 3.97. The smallest absolute Gasteiger partial charge is 0.252 e. The van der Waals surface area contributed by atoms with Gasteiger partial charge in [0.2, 0.25) is 6.79 Å². The fourth-order valence-electron chi connectivity index (χ4n) is 7.70. The summed E-state index contributed by atoms with van der Waals surface area (Å²) < 4.78 is 12.1. The van der Waals surface area contributed by atoms with E-state index >= 15 is 0 Å². The minimum absolute atomic E-state index is 0.105. The van der Waals surface area contributed by atoms with Crippen LogP contribution in [0.1, 0.15) is 77.1 Å². The number of fused-ring (bicyclic) bond motifs is 3.